The van der Waals surface area contributed by atoms with Crippen LogP contribution in [0.4, 0.5) is 0 Å². The molecule has 0 aliphatic heterocycles. The van der Waals surface area contributed by atoms with Crippen molar-refractivity contribution < 1.29 is 19.1 Å². The summed E-state index contributed by atoms with van der Waals surface area (Å²) in [4.78, 5) is 23.4. The van der Waals surface area contributed by atoms with Crippen molar-refractivity contribution >= 4 is 11.9 Å². The Morgan fingerprint density at radius 2 is 0.731 bits per heavy atom. The molecule has 0 aromatic heterocycles. The SMILES string of the molecule is COC(=O)C1CCC(C2CCC(C3CCC(C(=O)OC)CC3)CC2)CC1. The monoisotopic (exact) mass is 364 g/mol. The maximum Gasteiger partial charge on any atom is 0.308 e. The predicted octanol–water partition coefficient (Wildman–Crippen LogP) is 4.75. The van der Waals surface area contributed by atoms with Gasteiger partial charge in [-0.15, -0.1) is 0 Å². The van der Waals surface area contributed by atoms with Gasteiger partial charge in [-0.25, -0.2) is 0 Å². The molecule has 0 aromatic rings. The summed E-state index contributed by atoms with van der Waals surface area (Å²) in [5, 5.41) is 0. The smallest absolute Gasteiger partial charge is 0.308 e. The average molecular weight is 365 g/mol. The molecule has 0 unspecified atom stereocenters. The molecule has 0 spiro atoms. The average Bonchev–Trinajstić information content (AvgIpc) is 2.73. The third-order valence-corrected chi connectivity index (χ3v) is 7.76. The van der Waals surface area contributed by atoms with E-state index in [9.17, 15) is 9.59 Å². The summed E-state index contributed by atoms with van der Waals surface area (Å²) in [5.41, 5.74) is 0. The standard InChI is InChI=1S/C22H36O4/c1-25-21(23)19-11-7-17(8-12-19)15-3-5-16(6-4-15)18-9-13-20(14-10-18)22(24)26-2/h15-20H,3-14H2,1-2H3. The number of esters is 2. The van der Waals surface area contributed by atoms with Gasteiger partial charge in [0.2, 0.25) is 0 Å². The van der Waals surface area contributed by atoms with Crippen LogP contribution >= 0.6 is 0 Å². The molecule has 148 valence electrons. The third-order valence-electron chi connectivity index (χ3n) is 7.76. The first-order valence-electron chi connectivity index (χ1n) is 10.8. The summed E-state index contributed by atoms with van der Waals surface area (Å²) in [6.45, 7) is 0. The van der Waals surface area contributed by atoms with E-state index in [1.165, 1.54) is 65.6 Å². The number of carbonyl (C=O) groups excluding carboxylic acids is 2. The Balaban J connectivity index is 1.39. The first-order valence-corrected chi connectivity index (χ1v) is 10.8. The van der Waals surface area contributed by atoms with Crippen molar-refractivity contribution in [1.29, 1.82) is 0 Å². The van der Waals surface area contributed by atoms with Gasteiger partial charge in [-0.05, 0) is 101 Å². The van der Waals surface area contributed by atoms with E-state index in [0.29, 0.717) is 0 Å². The minimum atomic E-state index is -0.00489. The van der Waals surface area contributed by atoms with Crippen LogP contribution in [0.25, 0.3) is 0 Å². The fourth-order valence-electron chi connectivity index (χ4n) is 6.07. The van der Waals surface area contributed by atoms with E-state index >= 15 is 0 Å². The van der Waals surface area contributed by atoms with E-state index in [1.54, 1.807) is 0 Å². The van der Waals surface area contributed by atoms with Crippen molar-refractivity contribution in [3.8, 4) is 0 Å². The maximum atomic E-state index is 11.7. The van der Waals surface area contributed by atoms with E-state index in [-0.39, 0.29) is 23.8 Å². The molecular formula is C22H36O4. The van der Waals surface area contributed by atoms with Crippen LogP contribution in [-0.4, -0.2) is 26.2 Å². The lowest BCUT2D eigenvalue weighted by Crippen LogP contribution is -2.32. The second kappa shape index (κ2) is 9.23. The van der Waals surface area contributed by atoms with Gasteiger partial charge in [0.05, 0.1) is 26.1 Å². The van der Waals surface area contributed by atoms with Crippen molar-refractivity contribution in [3.05, 3.63) is 0 Å². The fraction of sp³-hybridized carbons (Fsp3) is 0.909. The number of hydrogen-bond donors (Lipinski definition) is 0. The van der Waals surface area contributed by atoms with Crippen LogP contribution in [0, 0.1) is 35.5 Å². The lowest BCUT2D eigenvalue weighted by molar-refractivity contribution is -0.148. The Hall–Kier alpha value is -1.06. The number of hydrogen-bond acceptors (Lipinski definition) is 4. The topological polar surface area (TPSA) is 52.6 Å². The Kier molecular flexibility index (Phi) is 6.99. The Labute approximate surface area is 158 Å². The van der Waals surface area contributed by atoms with Crippen molar-refractivity contribution in [1.82, 2.24) is 0 Å². The number of rotatable bonds is 4. The van der Waals surface area contributed by atoms with Crippen LogP contribution in [0.1, 0.15) is 77.0 Å². The first kappa shape index (κ1) is 19.7. The fourth-order valence-corrected chi connectivity index (χ4v) is 6.07. The van der Waals surface area contributed by atoms with Crippen LogP contribution in [0.15, 0.2) is 0 Å². The zero-order valence-corrected chi connectivity index (χ0v) is 16.6. The molecular weight excluding hydrogens is 328 g/mol. The quantitative estimate of drug-likeness (QED) is 0.675. The molecule has 0 radical (unpaired) electrons. The molecule has 4 nitrogen and oxygen atoms in total. The van der Waals surface area contributed by atoms with Crippen LogP contribution in [-0.2, 0) is 19.1 Å². The Bertz CT molecular complexity index is 421. The number of methoxy groups -OCH3 is 2. The summed E-state index contributed by atoms with van der Waals surface area (Å²) < 4.78 is 9.83. The highest BCUT2D eigenvalue weighted by molar-refractivity contribution is 5.72. The van der Waals surface area contributed by atoms with Crippen molar-refractivity contribution in [2.45, 2.75) is 77.0 Å². The van der Waals surface area contributed by atoms with E-state index in [1.807, 2.05) is 0 Å². The van der Waals surface area contributed by atoms with Gasteiger partial charge >= 0.3 is 11.9 Å². The summed E-state index contributed by atoms with van der Waals surface area (Å²) in [7, 11) is 3.02. The molecule has 3 saturated carbocycles. The van der Waals surface area contributed by atoms with Gasteiger partial charge in [-0.3, -0.25) is 9.59 Å². The molecule has 26 heavy (non-hydrogen) atoms. The zero-order chi connectivity index (χ0) is 18.5. The normalized spacial score (nSPS) is 38.4. The van der Waals surface area contributed by atoms with Gasteiger partial charge < -0.3 is 9.47 Å². The van der Waals surface area contributed by atoms with Gasteiger partial charge in [0.15, 0.2) is 0 Å². The Morgan fingerprint density at radius 3 is 0.962 bits per heavy atom. The highest BCUT2D eigenvalue weighted by Crippen LogP contribution is 2.46. The molecule has 0 bridgehead atoms. The molecule has 0 N–H and O–H groups in total. The lowest BCUT2D eigenvalue weighted by Gasteiger charge is -2.41. The van der Waals surface area contributed by atoms with Crippen LogP contribution in [0.2, 0.25) is 0 Å². The minimum Gasteiger partial charge on any atom is -0.469 e. The summed E-state index contributed by atoms with van der Waals surface area (Å²) in [6.07, 6.45) is 14.4. The van der Waals surface area contributed by atoms with Crippen LogP contribution in [0.3, 0.4) is 0 Å². The molecule has 0 saturated heterocycles. The van der Waals surface area contributed by atoms with Gasteiger partial charge in [-0.2, -0.15) is 0 Å². The van der Waals surface area contributed by atoms with Crippen molar-refractivity contribution in [3.63, 3.8) is 0 Å². The molecule has 3 rings (SSSR count). The van der Waals surface area contributed by atoms with E-state index in [0.717, 1.165) is 49.4 Å². The summed E-state index contributed by atoms with van der Waals surface area (Å²) in [5.74, 6) is 3.69. The molecule has 4 heteroatoms. The van der Waals surface area contributed by atoms with E-state index in [2.05, 4.69) is 0 Å². The molecule has 0 amide bonds. The van der Waals surface area contributed by atoms with Crippen LogP contribution < -0.4 is 0 Å². The predicted molar refractivity (Wildman–Crippen MR) is 100 cm³/mol. The van der Waals surface area contributed by atoms with Gasteiger partial charge in [-0.1, -0.05) is 0 Å². The molecule has 0 aromatic carbocycles. The van der Waals surface area contributed by atoms with Gasteiger partial charge in [0, 0.05) is 0 Å². The largest absolute Gasteiger partial charge is 0.469 e. The second-order valence-corrected chi connectivity index (χ2v) is 8.94. The van der Waals surface area contributed by atoms with Gasteiger partial charge in [0.25, 0.3) is 0 Å². The first-order chi connectivity index (χ1) is 12.6. The Morgan fingerprint density at radius 1 is 0.500 bits per heavy atom. The molecule has 0 atom stereocenters. The highest BCUT2D eigenvalue weighted by atomic mass is 16.5. The minimum absolute atomic E-state index is 0.00489. The molecule has 3 aliphatic rings. The summed E-state index contributed by atoms with van der Waals surface area (Å²) >= 11 is 0. The van der Waals surface area contributed by atoms with Crippen LogP contribution in [0.5, 0.6) is 0 Å². The second-order valence-electron chi connectivity index (χ2n) is 8.94. The van der Waals surface area contributed by atoms with E-state index < -0.39 is 0 Å². The van der Waals surface area contributed by atoms with Crippen molar-refractivity contribution in [2.24, 2.45) is 35.5 Å². The molecule has 0 heterocycles. The lowest BCUT2D eigenvalue weighted by atomic mass is 9.65. The van der Waals surface area contributed by atoms with E-state index in [4.69, 9.17) is 9.47 Å². The number of ether oxygens (including phenoxy) is 2. The zero-order valence-electron chi connectivity index (χ0n) is 16.6. The van der Waals surface area contributed by atoms with Gasteiger partial charge in [0.1, 0.15) is 0 Å². The summed E-state index contributed by atoms with van der Waals surface area (Å²) in [6, 6.07) is 0. The van der Waals surface area contributed by atoms with Crippen molar-refractivity contribution in [2.75, 3.05) is 14.2 Å². The molecule has 3 aliphatic carbocycles. The third kappa shape index (κ3) is 4.61. The highest BCUT2D eigenvalue weighted by Gasteiger charge is 2.36. The maximum absolute atomic E-state index is 11.7. The molecule has 3 fully saturated rings. The number of carbonyl (C=O) groups is 2.